The molecule has 4 rings (SSSR count). The number of nitrogens with one attached hydrogen (secondary N) is 1. The number of ether oxygens (including phenoxy) is 4. The molecule has 0 amide bonds. The second kappa shape index (κ2) is 11.9. The van der Waals surface area contributed by atoms with Gasteiger partial charge in [-0.2, -0.15) is 0 Å². The van der Waals surface area contributed by atoms with Crippen LogP contribution in [0, 0.1) is 17.6 Å². The van der Waals surface area contributed by atoms with Crippen molar-refractivity contribution in [1.82, 2.24) is 14.9 Å². The summed E-state index contributed by atoms with van der Waals surface area (Å²) in [4.78, 5) is 10.8. The monoisotopic (exact) mass is 500 g/mol. The maximum absolute atomic E-state index is 14.5. The molecule has 10 heteroatoms. The highest BCUT2D eigenvalue weighted by atomic mass is 19.1. The van der Waals surface area contributed by atoms with Gasteiger partial charge < -0.3 is 29.2 Å². The first kappa shape index (κ1) is 25.4. The van der Waals surface area contributed by atoms with Crippen LogP contribution in [0.2, 0.25) is 0 Å². The van der Waals surface area contributed by atoms with Crippen LogP contribution in [0.1, 0.15) is 18.4 Å². The largest absolute Gasteiger partial charge is 0.494 e. The minimum Gasteiger partial charge on any atom is -0.494 e. The average Bonchev–Trinajstić information content (AvgIpc) is 2.90. The predicted octanol–water partition coefficient (Wildman–Crippen LogP) is 4.82. The van der Waals surface area contributed by atoms with E-state index < -0.39 is 11.6 Å². The van der Waals surface area contributed by atoms with E-state index in [0.717, 1.165) is 50.0 Å². The maximum atomic E-state index is 14.5. The van der Waals surface area contributed by atoms with Crippen LogP contribution in [0.4, 0.5) is 20.4 Å². The van der Waals surface area contributed by atoms with Gasteiger partial charge in [0.25, 0.3) is 0 Å². The van der Waals surface area contributed by atoms with Gasteiger partial charge in [-0.15, -0.1) is 0 Å². The van der Waals surface area contributed by atoms with Crippen molar-refractivity contribution in [2.24, 2.45) is 5.92 Å². The summed E-state index contributed by atoms with van der Waals surface area (Å²) in [7, 11) is 4.73. The minimum absolute atomic E-state index is 0.138. The normalized spacial score (nSPS) is 14.4. The number of aromatic nitrogens is 2. The summed E-state index contributed by atoms with van der Waals surface area (Å²) in [6.07, 6.45) is 5.15. The lowest BCUT2D eigenvalue weighted by Gasteiger charge is -2.28. The molecule has 2 aromatic carbocycles. The van der Waals surface area contributed by atoms with Gasteiger partial charge in [0.2, 0.25) is 5.95 Å². The van der Waals surface area contributed by atoms with Gasteiger partial charge >= 0.3 is 0 Å². The fourth-order valence-electron chi connectivity index (χ4n) is 3.88. The molecule has 3 aromatic rings. The van der Waals surface area contributed by atoms with Gasteiger partial charge in [0.05, 0.1) is 38.8 Å². The lowest BCUT2D eigenvalue weighted by Crippen LogP contribution is -2.32. The molecule has 8 nitrogen and oxygen atoms in total. The van der Waals surface area contributed by atoms with Crippen molar-refractivity contribution in [3.63, 3.8) is 0 Å². The smallest absolute Gasteiger partial charge is 0.227 e. The second-order valence-electron chi connectivity index (χ2n) is 8.63. The molecule has 2 heterocycles. The Morgan fingerprint density at radius 3 is 2.11 bits per heavy atom. The van der Waals surface area contributed by atoms with Crippen molar-refractivity contribution in [2.75, 3.05) is 46.3 Å². The molecule has 1 aliphatic heterocycles. The van der Waals surface area contributed by atoms with E-state index in [2.05, 4.69) is 27.2 Å². The van der Waals surface area contributed by atoms with Crippen LogP contribution in [-0.2, 0) is 6.61 Å². The Bertz CT molecular complexity index is 1110. The molecule has 0 bridgehead atoms. The van der Waals surface area contributed by atoms with Gasteiger partial charge in [0, 0.05) is 11.8 Å². The van der Waals surface area contributed by atoms with Crippen LogP contribution < -0.4 is 24.3 Å². The Kier molecular flexibility index (Phi) is 8.37. The average molecular weight is 501 g/mol. The van der Waals surface area contributed by atoms with E-state index in [1.54, 1.807) is 0 Å². The maximum Gasteiger partial charge on any atom is 0.227 e. The predicted molar refractivity (Wildman–Crippen MR) is 131 cm³/mol. The summed E-state index contributed by atoms with van der Waals surface area (Å²) < 4.78 is 50.3. The van der Waals surface area contributed by atoms with Crippen LogP contribution in [-0.4, -0.2) is 55.8 Å². The number of piperidine rings is 1. The topological polar surface area (TPSA) is 78.0 Å². The summed E-state index contributed by atoms with van der Waals surface area (Å²) in [5.74, 6) is 0.0238. The first-order chi connectivity index (χ1) is 17.5. The molecule has 36 heavy (non-hydrogen) atoms. The lowest BCUT2D eigenvalue weighted by atomic mass is 9.98. The number of methoxy groups -OCH3 is 2. The highest BCUT2D eigenvalue weighted by molar-refractivity contribution is 5.54. The molecule has 1 N–H and O–H groups in total. The van der Waals surface area contributed by atoms with E-state index in [1.807, 2.05) is 24.3 Å². The first-order valence-corrected chi connectivity index (χ1v) is 11.7. The molecule has 0 saturated carbocycles. The van der Waals surface area contributed by atoms with Gasteiger partial charge in [-0.05, 0) is 63.2 Å². The standard InChI is InChI=1S/C26H30F2N4O4/c1-32-10-8-17(9-11-32)15-35-19-6-4-18(5-7-19)31-26-29-13-20(14-30-26)36-16-21-24(27)22(33-2)12-23(34-3)25(21)28/h4-7,12-14,17H,8-11,15-16H2,1-3H3,(H,29,30,31). The third kappa shape index (κ3) is 6.31. The molecular weight excluding hydrogens is 470 g/mol. The van der Waals surface area contributed by atoms with Crippen molar-refractivity contribution < 1.29 is 27.7 Å². The van der Waals surface area contributed by atoms with Crippen LogP contribution in [0.15, 0.2) is 42.7 Å². The van der Waals surface area contributed by atoms with E-state index in [9.17, 15) is 8.78 Å². The Morgan fingerprint density at radius 2 is 1.53 bits per heavy atom. The van der Waals surface area contributed by atoms with E-state index in [4.69, 9.17) is 18.9 Å². The molecule has 192 valence electrons. The zero-order valence-corrected chi connectivity index (χ0v) is 20.6. The Morgan fingerprint density at radius 1 is 0.917 bits per heavy atom. The van der Waals surface area contributed by atoms with Gasteiger partial charge in [0.1, 0.15) is 12.4 Å². The molecule has 1 fully saturated rings. The fourth-order valence-corrected chi connectivity index (χ4v) is 3.88. The Hall–Kier alpha value is -3.66. The number of halogens is 2. The highest BCUT2D eigenvalue weighted by Crippen LogP contribution is 2.32. The molecule has 0 atom stereocenters. The zero-order chi connectivity index (χ0) is 25.5. The number of hydrogen-bond acceptors (Lipinski definition) is 8. The Balaban J connectivity index is 1.30. The molecule has 0 spiro atoms. The van der Waals surface area contributed by atoms with Crippen molar-refractivity contribution in [3.8, 4) is 23.0 Å². The van der Waals surface area contributed by atoms with Gasteiger partial charge in [-0.3, -0.25) is 0 Å². The quantitative estimate of drug-likeness (QED) is 0.425. The third-order valence-electron chi connectivity index (χ3n) is 6.11. The van der Waals surface area contributed by atoms with E-state index in [0.29, 0.717) is 11.9 Å². The Labute approximate surface area is 209 Å². The molecule has 1 saturated heterocycles. The fraction of sp³-hybridized carbons (Fsp3) is 0.385. The van der Waals surface area contributed by atoms with Crippen LogP contribution in [0.3, 0.4) is 0 Å². The molecule has 1 aliphatic rings. The van der Waals surface area contributed by atoms with Crippen LogP contribution >= 0.6 is 0 Å². The lowest BCUT2D eigenvalue weighted by molar-refractivity contribution is 0.160. The second-order valence-corrected chi connectivity index (χ2v) is 8.63. The highest BCUT2D eigenvalue weighted by Gasteiger charge is 2.21. The molecular formula is C26H30F2N4O4. The van der Waals surface area contributed by atoms with E-state index in [1.165, 1.54) is 26.6 Å². The van der Waals surface area contributed by atoms with Crippen molar-refractivity contribution in [1.29, 1.82) is 0 Å². The van der Waals surface area contributed by atoms with Crippen molar-refractivity contribution >= 4 is 11.6 Å². The number of nitrogens with zero attached hydrogens (tertiary/aromatic N) is 3. The minimum atomic E-state index is -0.853. The number of anilines is 2. The summed E-state index contributed by atoms with van der Waals surface area (Å²) in [5.41, 5.74) is 0.481. The van der Waals surface area contributed by atoms with Crippen LogP contribution in [0.25, 0.3) is 0 Å². The summed E-state index contributed by atoms with van der Waals surface area (Å²) in [6, 6.07) is 8.73. The van der Waals surface area contributed by atoms with Crippen LogP contribution in [0.5, 0.6) is 23.0 Å². The molecule has 0 radical (unpaired) electrons. The van der Waals surface area contributed by atoms with E-state index in [-0.39, 0.29) is 29.4 Å². The van der Waals surface area contributed by atoms with Gasteiger partial charge in [-0.1, -0.05) is 0 Å². The number of hydrogen-bond donors (Lipinski definition) is 1. The molecule has 1 aromatic heterocycles. The third-order valence-corrected chi connectivity index (χ3v) is 6.11. The SMILES string of the molecule is COc1cc(OC)c(F)c(COc2cnc(Nc3ccc(OCC4CCN(C)CC4)cc3)nc2)c1F. The number of benzene rings is 2. The molecule has 0 aliphatic carbocycles. The van der Waals surface area contributed by atoms with Gasteiger partial charge in [0.15, 0.2) is 28.9 Å². The summed E-state index contributed by atoms with van der Waals surface area (Å²) >= 11 is 0. The van der Waals surface area contributed by atoms with Gasteiger partial charge in [-0.25, -0.2) is 18.7 Å². The number of likely N-dealkylation sites (tertiary alicyclic amines) is 1. The molecule has 0 unspecified atom stereocenters. The summed E-state index contributed by atoms with van der Waals surface area (Å²) in [5, 5.41) is 3.10. The first-order valence-electron chi connectivity index (χ1n) is 11.7. The summed E-state index contributed by atoms with van der Waals surface area (Å²) in [6.45, 7) is 2.57. The zero-order valence-electron chi connectivity index (χ0n) is 20.6. The van der Waals surface area contributed by atoms with E-state index >= 15 is 0 Å². The van der Waals surface area contributed by atoms with Crippen molar-refractivity contribution in [2.45, 2.75) is 19.4 Å². The van der Waals surface area contributed by atoms with Crippen molar-refractivity contribution in [3.05, 3.63) is 59.9 Å². The number of rotatable bonds is 10.